The Morgan fingerprint density at radius 3 is 2.79 bits per heavy atom. The first-order chi connectivity index (χ1) is 6.69. The molecule has 0 aliphatic rings. The Labute approximate surface area is 102 Å². The van der Waals surface area contributed by atoms with Gasteiger partial charge >= 0.3 is 0 Å². The van der Waals surface area contributed by atoms with Crippen LogP contribution in [0.1, 0.15) is 25.4 Å². The lowest BCUT2D eigenvalue weighted by Gasteiger charge is -2.05. The van der Waals surface area contributed by atoms with Gasteiger partial charge in [0.2, 0.25) is 0 Å². The van der Waals surface area contributed by atoms with Crippen molar-refractivity contribution < 1.29 is 0 Å². The normalized spacial score (nSPS) is 10.5. The van der Waals surface area contributed by atoms with Gasteiger partial charge in [-0.2, -0.15) is 11.8 Å². The molecular weight excluding hydrogens is 280 g/mol. The number of aromatic nitrogens is 2. The average Bonchev–Trinajstić information content (AvgIpc) is 2.19. The van der Waals surface area contributed by atoms with Gasteiger partial charge < -0.3 is 4.98 Å². The molecule has 0 atom stereocenters. The van der Waals surface area contributed by atoms with Crippen LogP contribution in [0.25, 0.3) is 0 Å². The summed E-state index contributed by atoms with van der Waals surface area (Å²) in [5.41, 5.74) is 1.14. The van der Waals surface area contributed by atoms with Crippen LogP contribution in [0, 0.1) is 4.64 Å². The Morgan fingerprint density at radius 1 is 1.50 bits per heavy atom. The maximum Gasteiger partial charge on any atom is 0.144 e. The number of H-pyrrole nitrogens is 1. The summed E-state index contributed by atoms with van der Waals surface area (Å²) in [5.74, 6) is 2.97. The number of thioether (sulfide) groups is 1. The topological polar surface area (TPSA) is 28.7 Å². The molecule has 0 saturated heterocycles. The van der Waals surface area contributed by atoms with Crippen molar-refractivity contribution in [1.82, 2.24) is 9.97 Å². The maximum absolute atomic E-state index is 5.16. The van der Waals surface area contributed by atoms with Crippen molar-refractivity contribution in [3.63, 3.8) is 0 Å². The van der Waals surface area contributed by atoms with E-state index in [9.17, 15) is 0 Å². The van der Waals surface area contributed by atoms with Crippen LogP contribution in [-0.2, 0) is 12.2 Å². The summed E-state index contributed by atoms with van der Waals surface area (Å²) in [6, 6.07) is 0. The van der Waals surface area contributed by atoms with E-state index in [0.29, 0.717) is 4.64 Å². The van der Waals surface area contributed by atoms with Crippen LogP contribution in [-0.4, -0.2) is 15.7 Å². The SMILES string of the molecule is CCSCc1nc(=S)c(Br)c(CC)[nH]1. The second kappa shape index (κ2) is 5.88. The van der Waals surface area contributed by atoms with Gasteiger partial charge in [-0.15, -0.1) is 0 Å². The molecule has 1 rings (SSSR count). The lowest BCUT2D eigenvalue weighted by atomic mass is 10.3. The molecule has 1 aromatic heterocycles. The summed E-state index contributed by atoms with van der Waals surface area (Å²) in [6.45, 7) is 4.24. The van der Waals surface area contributed by atoms with E-state index in [1.807, 2.05) is 11.8 Å². The molecule has 78 valence electrons. The fourth-order valence-electron chi connectivity index (χ4n) is 1.07. The van der Waals surface area contributed by atoms with Crippen molar-refractivity contribution >= 4 is 39.9 Å². The van der Waals surface area contributed by atoms with Gasteiger partial charge in [0.05, 0.1) is 10.2 Å². The maximum atomic E-state index is 5.16. The van der Waals surface area contributed by atoms with Gasteiger partial charge in [-0.05, 0) is 28.1 Å². The van der Waals surface area contributed by atoms with E-state index in [2.05, 4.69) is 39.7 Å². The predicted molar refractivity (Wildman–Crippen MR) is 68.3 cm³/mol. The van der Waals surface area contributed by atoms with Crippen LogP contribution >= 0.6 is 39.9 Å². The van der Waals surface area contributed by atoms with Crippen LogP contribution in [0.15, 0.2) is 4.47 Å². The molecule has 1 heterocycles. The zero-order valence-corrected chi connectivity index (χ0v) is 11.5. The second-order valence-corrected chi connectivity index (χ2v) is 5.23. The molecular formula is C9H13BrN2S2. The minimum Gasteiger partial charge on any atom is -0.345 e. The molecule has 0 amide bonds. The summed E-state index contributed by atoms with van der Waals surface area (Å²) in [7, 11) is 0. The van der Waals surface area contributed by atoms with Gasteiger partial charge in [0.25, 0.3) is 0 Å². The van der Waals surface area contributed by atoms with Crippen LogP contribution < -0.4 is 0 Å². The van der Waals surface area contributed by atoms with Gasteiger partial charge in [0.1, 0.15) is 10.5 Å². The highest BCUT2D eigenvalue weighted by Crippen LogP contribution is 2.17. The highest BCUT2D eigenvalue weighted by molar-refractivity contribution is 9.10. The standard InChI is InChI=1S/C9H13BrN2S2/c1-3-6-8(10)9(13)12-7(11-6)5-14-4-2/h3-5H2,1-2H3,(H,11,12,13). The first kappa shape index (κ1) is 12.2. The summed E-state index contributed by atoms with van der Waals surface area (Å²) in [6.07, 6.45) is 0.941. The van der Waals surface area contributed by atoms with Crippen molar-refractivity contribution in [3.8, 4) is 0 Å². The van der Waals surface area contributed by atoms with Crippen molar-refractivity contribution in [2.24, 2.45) is 0 Å². The third-order valence-electron chi connectivity index (χ3n) is 1.78. The molecule has 1 N–H and O–H groups in total. The van der Waals surface area contributed by atoms with Crippen LogP contribution in [0.5, 0.6) is 0 Å². The van der Waals surface area contributed by atoms with Crippen LogP contribution in [0.2, 0.25) is 0 Å². The molecule has 1 aromatic rings. The zero-order valence-electron chi connectivity index (χ0n) is 8.26. The molecule has 0 radical (unpaired) electrons. The van der Waals surface area contributed by atoms with E-state index in [1.165, 1.54) is 0 Å². The quantitative estimate of drug-likeness (QED) is 0.858. The minimum atomic E-state index is 0.660. The Morgan fingerprint density at radius 2 is 2.21 bits per heavy atom. The molecule has 0 unspecified atom stereocenters. The zero-order chi connectivity index (χ0) is 10.6. The van der Waals surface area contributed by atoms with Crippen molar-refractivity contribution in [2.75, 3.05) is 5.75 Å². The molecule has 0 aliphatic heterocycles. The van der Waals surface area contributed by atoms with Crippen LogP contribution in [0.3, 0.4) is 0 Å². The molecule has 0 saturated carbocycles. The fourth-order valence-corrected chi connectivity index (χ4v) is 2.30. The summed E-state index contributed by atoms with van der Waals surface area (Å²) >= 11 is 10.4. The second-order valence-electron chi connectivity index (χ2n) is 2.77. The molecule has 14 heavy (non-hydrogen) atoms. The van der Waals surface area contributed by atoms with E-state index in [4.69, 9.17) is 12.2 Å². The largest absolute Gasteiger partial charge is 0.345 e. The van der Waals surface area contributed by atoms with E-state index in [1.54, 1.807) is 0 Å². The number of nitrogens with zero attached hydrogens (tertiary/aromatic N) is 1. The minimum absolute atomic E-state index is 0.660. The third-order valence-corrected chi connectivity index (χ3v) is 4.08. The lowest BCUT2D eigenvalue weighted by Crippen LogP contribution is -1.99. The van der Waals surface area contributed by atoms with E-state index in [0.717, 1.165) is 33.9 Å². The molecule has 5 heteroatoms. The molecule has 2 nitrogen and oxygen atoms in total. The third kappa shape index (κ3) is 3.07. The van der Waals surface area contributed by atoms with Gasteiger partial charge in [0, 0.05) is 5.69 Å². The molecule has 0 bridgehead atoms. The van der Waals surface area contributed by atoms with E-state index >= 15 is 0 Å². The molecule has 0 fully saturated rings. The molecule has 0 spiro atoms. The Kier molecular flexibility index (Phi) is 5.12. The van der Waals surface area contributed by atoms with E-state index < -0.39 is 0 Å². The molecule has 0 aromatic carbocycles. The smallest absolute Gasteiger partial charge is 0.144 e. The Balaban J connectivity index is 2.98. The van der Waals surface area contributed by atoms with Crippen molar-refractivity contribution in [3.05, 3.63) is 20.6 Å². The fraction of sp³-hybridized carbons (Fsp3) is 0.556. The Bertz CT molecular complexity index is 362. The first-order valence-corrected chi connectivity index (χ1v) is 6.89. The number of aryl methyl sites for hydroxylation is 1. The van der Waals surface area contributed by atoms with Gasteiger partial charge in [-0.1, -0.05) is 26.1 Å². The monoisotopic (exact) mass is 292 g/mol. The average molecular weight is 293 g/mol. The number of rotatable bonds is 4. The molecule has 0 aliphatic carbocycles. The number of halogens is 1. The van der Waals surface area contributed by atoms with E-state index in [-0.39, 0.29) is 0 Å². The van der Waals surface area contributed by atoms with Gasteiger partial charge in [0.15, 0.2) is 0 Å². The highest BCUT2D eigenvalue weighted by Gasteiger charge is 2.04. The number of aromatic amines is 1. The lowest BCUT2D eigenvalue weighted by molar-refractivity contribution is 0.920. The predicted octanol–water partition coefficient (Wildman–Crippen LogP) is 3.72. The van der Waals surface area contributed by atoms with Gasteiger partial charge in [-0.25, -0.2) is 4.98 Å². The van der Waals surface area contributed by atoms with Crippen molar-refractivity contribution in [1.29, 1.82) is 0 Å². The highest BCUT2D eigenvalue weighted by atomic mass is 79.9. The number of hydrogen-bond acceptors (Lipinski definition) is 3. The Hall–Kier alpha value is 0.130. The summed E-state index contributed by atoms with van der Waals surface area (Å²) in [4.78, 5) is 7.60. The van der Waals surface area contributed by atoms with Crippen molar-refractivity contribution in [2.45, 2.75) is 26.0 Å². The van der Waals surface area contributed by atoms with Gasteiger partial charge in [-0.3, -0.25) is 0 Å². The van der Waals surface area contributed by atoms with Crippen LogP contribution in [0.4, 0.5) is 0 Å². The summed E-state index contributed by atoms with van der Waals surface area (Å²) < 4.78 is 1.59. The number of hydrogen-bond donors (Lipinski definition) is 1. The first-order valence-electron chi connectivity index (χ1n) is 4.54. The summed E-state index contributed by atoms with van der Waals surface area (Å²) in [5, 5.41) is 0. The number of nitrogens with one attached hydrogen (secondary N) is 1.